The van der Waals surface area contributed by atoms with Crippen LogP contribution < -0.4 is 5.32 Å². The fourth-order valence-electron chi connectivity index (χ4n) is 3.60. The van der Waals surface area contributed by atoms with Crippen molar-refractivity contribution in [3.05, 3.63) is 35.4 Å². The van der Waals surface area contributed by atoms with Crippen LogP contribution in [0.5, 0.6) is 0 Å². The van der Waals surface area contributed by atoms with E-state index in [0.717, 1.165) is 32.1 Å². The summed E-state index contributed by atoms with van der Waals surface area (Å²) in [6, 6.07) is 8.94. The standard InChI is InChI=1S/C17H23NO/c1-17(2)10-14(11-17)16(19)18-15-8-7-12-5-3-4-6-13(12)9-15/h3-6,14-15H,7-11H2,1-2H3,(H,18,19). The first-order chi connectivity index (χ1) is 9.03. The van der Waals surface area contributed by atoms with Crippen molar-refractivity contribution in [3.63, 3.8) is 0 Å². The second-order valence-electron chi connectivity index (χ2n) is 6.99. The van der Waals surface area contributed by atoms with Gasteiger partial charge in [-0.3, -0.25) is 4.79 Å². The van der Waals surface area contributed by atoms with Crippen LogP contribution in [0.25, 0.3) is 0 Å². The highest BCUT2D eigenvalue weighted by Gasteiger charge is 2.40. The molecule has 0 bridgehead atoms. The number of benzene rings is 1. The molecule has 2 nitrogen and oxygen atoms in total. The van der Waals surface area contributed by atoms with Gasteiger partial charge in [-0.05, 0) is 48.6 Å². The lowest BCUT2D eigenvalue weighted by molar-refractivity contribution is -0.132. The zero-order chi connectivity index (χ0) is 13.5. The number of carbonyl (C=O) groups excluding carboxylic acids is 1. The van der Waals surface area contributed by atoms with Crippen molar-refractivity contribution in [2.45, 2.75) is 52.0 Å². The summed E-state index contributed by atoms with van der Waals surface area (Å²) in [6.45, 7) is 4.49. The normalized spacial score (nSPS) is 25.3. The molecule has 1 atom stereocenters. The van der Waals surface area contributed by atoms with Crippen molar-refractivity contribution < 1.29 is 4.79 Å². The Morgan fingerprint density at radius 1 is 1.21 bits per heavy atom. The third-order valence-corrected chi connectivity index (χ3v) is 4.66. The Labute approximate surface area is 115 Å². The monoisotopic (exact) mass is 257 g/mol. The van der Waals surface area contributed by atoms with Gasteiger partial charge in [-0.2, -0.15) is 0 Å². The quantitative estimate of drug-likeness (QED) is 0.866. The van der Waals surface area contributed by atoms with Gasteiger partial charge in [-0.15, -0.1) is 0 Å². The molecule has 0 heterocycles. The number of amides is 1. The van der Waals surface area contributed by atoms with Crippen LogP contribution in [0.1, 0.15) is 44.2 Å². The molecule has 2 aliphatic carbocycles. The predicted octanol–water partition coefficient (Wildman–Crippen LogP) is 3.10. The van der Waals surface area contributed by atoms with E-state index in [4.69, 9.17) is 0 Å². The van der Waals surface area contributed by atoms with Crippen LogP contribution in [0.4, 0.5) is 0 Å². The first kappa shape index (κ1) is 12.7. The maximum atomic E-state index is 12.2. The van der Waals surface area contributed by atoms with E-state index in [1.807, 2.05) is 0 Å². The third kappa shape index (κ3) is 2.68. The van der Waals surface area contributed by atoms with E-state index >= 15 is 0 Å². The van der Waals surface area contributed by atoms with Gasteiger partial charge in [0.05, 0.1) is 0 Å². The van der Waals surface area contributed by atoms with Gasteiger partial charge >= 0.3 is 0 Å². The minimum atomic E-state index is 0.257. The van der Waals surface area contributed by atoms with E-state index < -0.39 is 0 Å². The van der Waals surface area contributed by atoms with E-state index in [9.17, 15) is 4.79 Å². The number of fused-ring (bicyclic) bond motifs is 1. The molecule has 1 saturated carbocycles. The first-order valence-corrected chi connectivity index (χ1v) is 7.41. The molecule has 1 aromatic carbocycles. The largest absolute Gasteiger partial charge is 0.353 e. The van der Waals surface area contributed by atoms with Gasteiger partial charge in [0.15, 0.2) is 0 Å². The Hall–Kier alpha value is -1.31. The van der Waals surface area contributed by atoms with Crippen LogP contribution in [0.2, 0.25) is 0 Å². The number of hydrogen-bond acceptors (Lipinski definition) is 1. The van der Waals surface area contributed by atoms with Crippen molar-refractivity contribution in [1.82, 2.24) is 5.32 Å². The van der Waals surface area contributed by atoms with Gasteiger partial charge in [0, 0.05) is 12.0 Å². The molecule has 2 aliphatic rings. The molecule has 1 aromatic rings. The van der Waals surface area contributed by atoms with E-state index in [1.54, 1.807) is 0 Å². The van der Waals surface area contributed by atoms with E-state index in [-0.39, 0.29) is 11.8 Å². The Morgan fingerprint density at radius 3 is 2.58 bits per heavy atom. The van der Waals surface area contributed by atoms with Gasteiger partial charge in [0.1, 0.15) is 0 Å². The van der Waals surface area contributed by atoms with Crippen molar-refractivity contribution in [1.29, 1.82) is 0 Å². The lowest BCUT2D eigenvalue weighted by Crippen LogP contribution is -2.47. The average molecular weight is 257 g/mol. The molecule has 0 spiro atoms. The van der Waals surface area contributed by atoms with Gasteiger partial charge < -0.3 is 5.32 Å². The summed E-state index contributed by atoms with van der Waals surface area (Å²) >= 11 is 0. The number of rotatable bonds is 2. The summed E-state index contributed by atoms with van der Waals surface area (Å²) in [5.41, 5.74) is 3.24. The molecular weight excluding hydrogens is 234 g/mol. The van der Waals surface area contributed by atoms with Crippen molar-refractivity contribution in [2.75, 3.05) is 0 Å². The summed E-state index contributed by atoms with van der Waals surface area (Å²) < 4.78 is 0. The topological polar surface area (TPSA) is 29.1 Å². The van der Waals surface area contributed by atoms with Crippen LogP contribution in [0, 0.1) is 11.3 Å². The minimum absolute atomic E-state index is 0.257. The van der Waals surface area contributed by atoms with Crippen molar-refractivity contribution >= 4 is 5.91 Å². The van der Waals surface area contributed by atoms with Crippen molar-refractivity contribution in [2.24, 2.45) is 11.3 Å². The molecule has 0 saturated heterocycles. The molecular formula is C17H23NO. The second kappa shape index (κ2) is 4.66. The molecule has 0 aromatic heterocycles. The van der Waals surface area contributed by atoms with Crippen LogP contribution in [-0.4, -0.2) is 11.9 Å². The van der Waals surface area contributed by atoms with Crippen LogP contribution in [0.3, 0.4) is 0 Å². The van der Waals surface area contributed by atoms with Gasteiger partial charge in [-0.1, -0.05) is 38.1 Å². The average Bonchev–Trinajstić information content (AvgIpc) is 2.35. The van der Waals surface area contributed by atoms with Gasteiger partial charge in [0.2, 0.25) is 5.91 Å². The maximum absolute atomic E-state index is 12.2. The summed E-state index contributed by atoms with van der Waals surface area (Å²) in [4.78, 5) is 12.2. The summed E-state index contributed by atoms with van der Waals surface area (Å²) in [7, 11) is 0. The Kier molecular flexibility index (Phi) is 3.12. The molecule has 1 N–H and O–H groups in total. The van der Waals surface area contributed by atoms with Crippen LogP contribution in [0.15, 0.2) is 24.3 Å². The number of carbonyl (C=O) groups is 1. The lowest BCUT2D eigenvalue weighted by atomic mass is 9.64. The lowest BCUT2D eigenvalue weighted by Gasteiger charge is -2.42. The molecule has 1 fully saturated rings. The molecule has 0 aliphatic heterocycles. The fraction of sp³-hybridized carbons (Fsp3) is 0.588. The molecule has 102 valence electrons. The molecule has 19 heavy (non-hydrogen) atoms. The number of hydrogen-bond donors (Lipinski definition) is 1. The highest BCUT2D eigenvalue weighted by atomic mass is 16.2. The smallest absolute Gasteiger partial charge is 0.223 e. The van der Waals surface area contributed by atoms with E-state index in [0.29, 0.717) is 11.5 Å². The zero-order valence-corrected chi connectivity index (χ0v) is 11.9. The SMILES string of the molecule is CC1(C)CC(C(=O)NC2CCc3ccccc3C2)C1. The van der Waals surface area contributed by atoms with Gasteiger partial charge in [-0.25, -0.2) is 0 Å². The Bertz CT molecular complexity index is 484. The third-order valence-electron chi connectivity index (χ3n) is 4.66. The first-order valence-electron chi connectivity index (χ1n) is 7.41. The van der Waals surface area contributed by atoms with Crippen LogP contribution in [-0.2, 0) is 17.6 Å². The highest BCUT2D eigenvalue weighted by molar-refractivity contribution is 5.80. The van der Waals surface area contributed by atoms with Crippen LogP contribution >= 0.6 is 0 Å². The Morgan fingerprint density at radius 2 is 1.89 bits per heavy atom. The summed E-state index contributed by atoms with van der Waals surface area (Å²) in [5.74, 6) is 0.538. The van der Waals surface area contributed by atoms with Gasteiger partial charge in [0.25, 0.3) is 0 Å². The zero-order valence-electron chi connectivity index (χ0n) is 11.9. The molecule has 1 unspecified atom stereocenters. The predicted molar refractivity (Wildman–Crippen MR) is 76.9 cm³/mol. The number of aryl methyl sites for hydroxylation is 1. The second-order valence-corrected chi connectivity index (χ2v) is 6.99. The van der Waals surface area contributed by atoms with E-state index in [1.165, 1.54) is 11.1 Å². The number of nitrogens with one attached hydrogen (secondary N) is 1. The minimum Gasteiger partial charge on any atom is -0.353 e. The molecule has 1 amide bonds. The molecule has 2 heteroatoms. The highest BCUT2D eigenvalue weighted by Crippen LogP contribution is 2.44. The fourth-order valence-corrected chi connectivity index (χ4v) is 3.60. The molecule has 3 rings (SSSR count). The van der Waals surface area contributed by atoms with E-state index in [2.05, 4.69) is 43.4 Å². The summed E-state index contributed by atoms with van der Waals surface area (Å²) in [5, 5.41) is 3.26. The maximum Gasteiger partial charge on any atom is 0.223 e. The molecule has 0 radical (unpaired) electrons. The summed E-state index contributed by atoms with van der Waals surface area (Å²) in [6.07, 6.45) is 5.26. The Balaban J connectivity index is 1.56. The van der Waals surface area contributed by atoms with Crippen molar-refractivity contribution in [3.8, 4) is 0 Å².